The van der Waals surface area contributed by atoms with Crippen LogP contribution in [0.5, 0.6) is 5.75 Å². The van der Waals surface area contributed by atoms with Crippen molar-refractivity contribution in [3.05, 3.63) is 42.6 Å². The number of ether oxygens (including phenoxy) is 2. The lowest BCUT2D eigenvalue weighted by Gasteiger charge is -2.09. The fraction of sp³-hybridized carbons (Fsp3) is 0.250. The number of nitrogens with zero attached hydrogens (tertiary/aromatic N) is 3. The number of halogens is 3. The molecule has 0 saturated heterocycles. The van der Waals surface area contributed by atoms with Gasteiger partial charge in [-0.3, -0.25) is 0 Å². The Morgan fingerprint density at radius 1 is 1.12 bits per heavy atom. The molecule has 0 radical (unpaired) electrons. The highest BCUT2D eigenvalue weighted by Crippen LogP contribution is 2.27. The van der Waals surface area contributed by atoms with Gasteiger partial charge in [0, 0.05) is 19.2 Å². The summed E-state index contributed by atoms with van der Waals surface area (Å²) in [4.78, 5) is 4.25. The number of alkyl halides is 3. The molecule has 3 aromatic rings. The van der Waals surface area contributed by atoms with Crippen LogP contribution in [0.4, 0.5) is 19.0 Å². The average Bonchev–Trinajstić information content (AvgIpc) is 2.98. The van der Waals surface area contributed by atoms with E-state index in [1.54, 1.807) is 30.0 Å². The standard InChI is InChI=1S/C16H15F3N4O2/c1-24-9-8-20-14-6-7-15-21-10-13(23(15)22-14)11-2-4-12(5-3-11)25-16(17,18)19/h2-7,10H,8-9H2,1H3,(H,20,22). The minimum Gasteiger partial charge on any atom is -0.406 e. The topological polar surface area (TPSA) is 60.7 Å². The Labute approximate surface area is 141 Å². The number of fused-ring (bicyclic) bond motifs is 1. The summed E-state index contributed by atoms with van der Waals surface area (Å²) in [6.07, 6.45) is -3.10. The average molecular weight is 352 g/mol. The zero-order valence-corrected chi connectivity index (χ0v) is 13.2. The first-order chi connectivity index (χ1) is 12.0. The second-order valence-corrected chi connectivity index (χ2v) is 5.12. The molecule has 25 heavy (non-hydrogen) atoms. The first-order valence-corrected chi connectivity index (χ1v) is 7.40. The van der Waals surface area contributed by atoms with E-state index in [1.807, 2.05) is 0 Å². The molecule has 1 N–H and O–H groups in total. The van der Waals surface area contributed by atoms with E-state index in [0.29, 0.717) is 35.9 Å². The third-order valence-corrected chi connectivity index (χ3v) is 3.36. The minimum atomic E-state index is -4.71. The van der Waals surface area contributed by atoms with Crippen LogP contribution in [0.15, 0.2) is 42.6 Å². The Bertz CT molecular complexity index is 847. The lowest BCUT2D eigenvalue weighted by Crippen LogP contribution is -2.16. The van der Waals surface area contributed by atoms with Gasteiger partial charge >= 0.3 is 6.36 Å². The van der Waals surface area contributed by atoms with Crippen LogP contribution in [-0.4, -0.2) is 41.2 Å². The Morgan fingerprint density at radius 2 is 1.88 bits per heavy atom. The number of aromatic nitrogens is 3. The summed E-state index contributed by atoms with van der Waals surface area (Å²) in [5.41, 5.74) is 1.95. The molecule has 0 aliphatic heterocycles. The number of hydrogen-bond acceptors (Lipinski definition) is 5. The normalized spacial score (nSPS) is 11.7. The van der Waals surface area contributed by atoms with Crippen molar-refractivity contribution in [3.63, 3.8) is 0 Å². The molecule has 0 saturated carbocycles. The first-order valence-electron chi connectivity index (χ1n) is 7.40. The maximum absolute atomic E-state index is 12.2. The van der Waals surface area contributed by atoms with Crippen molar-refractivity contribution in [2.24, 2.45) is 0 Å². The van der Waals surface area contributed by atoms with Crippen LogP contribution in [0.3, 0.4) is 0 Å². The summed E-state index contributed by atoms with van der Waals surface area (Å²) >= 11 is 0. The summed E-state index contributed by atoms with van der Waals surface area (Å²) in [6, 6.07) is 9.15. The summed E-state index contributed by atoms with van der Waals surface area (Å²) in [6.45, 7) is 1.14. The maximum atomic E-state index is 12.2. The number of hydrogen-bond donors (Lipinski definition) is 1. The smallest absolute Gasteiger partial charge is 0.406 e. The van der Waals surface area contributed by atoms with Gasteiger partial charge in [0.2, 0.25) is 0 Å². The first kappa shape index (κ1) is 17.0. The van der Waals surface area contributed by atoms with E-state index in [4.69, 9.17) is 4.74 Å². The van der Waals surface area contributed by atoms with Gasteiger partial charge < -0.3 is 14.8 Å². The van der Waals surface area contributed by atoms with E-state index in [9.17, 15) is 13.2 Å². The summed E-state index contributed by atoms with van der Waals surface area (Å²) in [7, 11) is 1.61. The van der Waals surface area contributed by atoms with E-state index in [-0.39, 0.29) is 5.75 Å². The van der Waals surface area contributed by atoms with Gasteiger partial charge in [0.05, 0.1) is 18.5 Å². The molecule has 0 aliphatic rings. The largest absolute Gasteiger partial charge is 0.573 e. The zero-order chi connectivity index (χ0) is 17.9. The Hall–Kier alpha value is -2.81. The van der Waals surface area contributed by atoms with Crippen LogP contribution in [0.1, 0.15) is 0 Å². The summed E-state index contributed by atoms with van der Waals surface area (Å²) in [5, 5.41) is 7.55. The van der Waals surface area contributed by atoms with Crippen molar-refractivity contribution < 1.29 is 22.6 Å². The minimum absolute atomic E-state index is 0.278. The van der Waals surface area contributed by atoms with Crippen molar-refractivity contribution in [2.45, 2.75) is 6.36 Å². The van der Waals surface area contributed by atoms with Crippen molar-refractivity contribution >= 4 is 11.5 Å². The maximum Gasteiger partial charge on any atom is 0.573 e. The number of imidazole rings is 1. The van der Waals surface area contributed by atoms with Gasteiger partial charge in [-0.2, -0.15) is 0 Å². The van der Waals surface area contributed by atoms with Crippen LogP contribution >= 0.6 is 0 Å². The molecule has 1 aromatic carbocycles. The fourth-order valence-corrected chi connectivity index (χ4v) is 2.27. The fourth-order valence-electron chi connectivity index (χ4n) is 2.27. The van der Waals surface area contributed by atoms with E-state index in [2.05, 4.69) is 20.1 Å². The number of nitrogens with one attached hydrogen (secondary N) is 1. The second kappa shape index (κ2) is 6.98. The van der Waals surface area contributed by atoms with Crippen LogP contribution < -0.4 is 10.1 Å². The molecule has 132 valence electrons. The lowest BCUT2D eigenvalue weighted by molar-refractivity contribution is -0.274. The Morgan fingerprint density at radius 3 is 2.56 bits per heavy atom. The molecule has 0 unspecified atom stereocenters. The monoisotopic (exact) mass is 352 g/mol. The summed E-state index contributed by atoms with van der Waals surface area (Å²) in [5.74, 6) is 0.362. The number of benzene rings is 1. The molecule has 9 heteroatoms. The van der Waals surface area contributed by atoms with Crippen molar-refractivity contribution in [1.82, 2.24) is 14.6 Å². The van der Waals surface area contributed by atoms with Crippen LogP contribution in [-0.2, 0) is 4.74 Å². The number of rotatable bonds is 6. The quantitative estimate of drug-likeness (QED) is 0.690. The van der Waals surface area contributed by atoms with Gasteiger partial charge in [0.15, 0.2) is 5.65 Å². The SMILES string of the molecule is COCCNc1ccc2ncc(-c3ccc(OC(F)(F)F)cc3)n2n1. The zero-order valence-electron chi connectivity index (χ0n) is 13.2. The molecule has 0 aliphatic carbocycles. The van der Waals surface area contributed by atoms with Crippen LogP contribution in [0.25, 0.3) is 16.9 Å². The van der Waals surface area contributed by atoms with E-state index in [0.717, 1.165) is 0 Å². The van der Waals surface area contributed by atoms with E-state index in [1.165, 1.54) is 24.3 Å². The van der Waals surface area contributed by atoms with Gasteiger partial charge in [-0.1, -0.05) is 0 Å². The second-order valence-electron chi connectivity index (χ2n) is 5.12. The highest BCUT2D eigenvalue weighted by molar-refractivity contribution is 5.64. The van der Waals surface area contributed by atoms with Crippen molar-refractivity contribution in [2.75, 3.05) is 25.6 Å². The number of methoxy groups -OCH3 is 1. The molecule has 0 bridgehead atoms. The highest BCUT2D eigenvalue weighted by atomic mass is 19.4. The van der Waals surface area contributed by atoms with Gasteiger partial charge in [0.25, 0.3) is 0 Å². The van der Waals surface area contributed by atoms with Gasteiger partial charge in [-0.25, -0.2) is 9.50 Å². The van der Waals surface area contributed by atoms with Gasteiger partial charge in [-0.15, -0.1) is 18.3 Å². The molecule has 0 amide bonds. The summed E-state index contributed by atoms with van der Waals surface area (Å²) < 4.78 is 47.2. The number of anilines is 1. The lowest BCUT2D eigenvalue weighted by atomic mass is 10.1. The molecule has 3 rings (SSSR count). The Kier molecular flexibility index (Phi) is 4.75. The molecular formula is C16H15F3N4O2. The third-order valence-electron chi connectivity index (χ3n) is 3.36. The predicted molar refractivity (Wildman–Crippen MR) is 85.5 cm³/mol. The molecule has 0 fully saturated rings. The molecule has 0 spiro atoms. The molecule has 2 aromatic heterocycles. The Balaban J connectivity index is 1.86. The molecule has 6 nitrogen and oxygen atoms in total. The third kappa shape index (κ3) is 4.18. The van der Waals surface area contributed by atoms with Crippen LogP contribution in [0, 0.1) is 0 Å². The molecule has 2 heterocycles. The molecular weight excluding hydrogens is 337 g/mol. The van der Waals surface area contributed by atoms with Gasteiger partial charge in [-0.05, 0) is 36.4 Å². The highest BCUT2D eigenvalue weighted by Gasteiger charge is 2.31. The van der Waals surface area contributed by atoms with Gasteiger partial charge in [0.1, 0.15) is 11.6 Å². The predicted octanol–water partition coefficient (Wildman–Crippen LogP) is 3.35. The van der Waals surface area contributed by atoms with Crippen molar-refractivity contribution in [3.8, 4) is 17.0 Å². The molecule has 0 atom stereocenters. The van der Waals surface area contributed by atoms with Crippen molar-refractivity contribution in [1.29, 1.82) is 0 Å². The van der Waals surface area contributed by atoms with E-state index < -0.39 is 6.36 Å². The van der Waals surface area contributed by atoms with E-state index >= 15 is 0 Å². The van der Waals surface area contributed by atoms with Crippen LogP contribution in [0.2, 0.25) is 0 Å².